The summed E-state index contributed by atoms with van der Waals surface area (Å²) in [7, 11) is -1.45. The number of nitrogens with one attached hydrogen (secondary N) is 1. The number of benzene rings is 2. The zero-order valence-electron chi connectivity index (χ0n) is 10.6. The largest absolute Gasteiger partial charge is 0.488 e. The molecular formula is C14H17BN2O2. The van der Waals surface area contributed by atoms with Gasteiger partial charge in [-0.05, 0) is 28.7 Å². The van der Waals surface area contributed by atoms with E-state index in [4.69, 9.17) is 5.73 Å². The Kier molecular flexibility index (Phi) is 4.57. The third-order valence-electron chi connectivity index (χ3n) is 2.98. The van der Waals surface area contributed by atoms with Crippen molar-refractivity contribution in [2.45, 2.75) is 13.1 Å². The second kappa shape index (κ2) is 6.38. The van der Waals surface area contributed by atoms with Crippen LogP contribution in [0.15, 0.2) is 48.5 Å². The van der Waals surface area contributed by atoms with Crippen LogP contribution in [0.5, 0.6) is 0 Å². The molecule has 2 rings (SSSR count). The molecule has 0 aliphatic heterocycles. The van der Waals surface area contributed by atoms with E-state index in [1.807, 2.05) is 36.4 Å². The van der Waals surface area contributed by atoms with Gasteiger partial charge in [0.15, 0.2) is 0 Å². The van der Waals surface area contributed by atoms with Gasteiger partial charge in [-0.2, -0.15) is 0 Å². The fourth-order valence-corrected chi connectivity index (χ4v) is 1.95. The molecule has 19 heavy (non-hydrogen) atoms. The summed E-state index contributed by atoms with van der Waals surface area (Å²) in [5, 5.41) is 21.8. The Morgan fingerprint density at radius 1 is 1.05 bits per heavy atom. The third-order valence-corrected chi connectivity index (χ3v) is 2.98. The van der Waals surface area contributed by atoms with Gasteiger partial charge < -0.3 is 21.1 Å². The molecule has 2 aromatic rings. The summed E-state index contributed by atoms with van der Waals surface area (Å²) >= 11 is 0. The average Bonchev–Trinajstić information content (AvgIpc) is 2.45. The molecule has 0 radical (unpaired) electrons. The highest BCUT2D eigenvalue weighted by Crippen LogP contribution is 2.11. The minimum absolute atomic E-state index is 0.501. The van der Waals surface area contributed by atoms with Crippen LogP contribution in [-0.4, -0.2) is 17.2 Å². The van der Waals surface area contributed by atoms with Crippen molar-refractivity contribution in [3.8, 4) is 0 Å². The second-order valence-electron chi connectivity index (χ2n) is 4.33. The van der Waals surface area contributed by atoms with Crippen LogP contribution < -0.4 is 16.5 Å². The summed E-state index contributed by atoms with van der Waals surface area (Å²) in [6.45, 7) is 1.03. The molecule has 98 valence electrons. The topological polar surface area (TPSA) is 78.5 Å². The molecule has 0 aliphatic rings. The van der Waals surface area contributed by atoms with Gasteiger partial charge in [0.1, 0.15) is 0 Å². The Morgan fingerprint density at radius 2 is 1.84 bits per heavy atom. The molecule has 0 saturated heterocycles. The predicted octanol–water partition coefficient (Wildman–Crippen LogP) is 0.437. The minimum atomic E-state index is -1.45. The minimum Gasteiger partial charge on any atom is -0.423 e. The summed E-state index contributed by atoms with van der Waals surface area (Å²) < 4.78 is 0. The van der Waals surface area contributed by atoms with E-state index < -0.39 is 7.12 Å². The van der Waals surface area contributed by atoms with E-state index in [-0.39, 0.29) is 0 Å². The molecule has 0 atom stereocenters. The molecule has 2 aromatic carbocycles. The van der Waals surface area contributed by atoms with Gasteiger partial charge in [0, 0.05) is 18.8 Å². The first-order valence-electron chi connectivity index (χ1n) is 6.17. The lowest BCUT2D eigenvalue weighted by molar-refractivity contribution is 0.425. The van der Waals surface area contributed by atoms with E-state index in [0.29, 0.717) is 18.6 Å². The van der Waals surface area contributed by atoms with Crippen LogP contribution in [0.4, 0.5) is 5.69 Å². The lowest BCUT2D eigenvalue weighted by atomic mass is 9.77. The molecule has 0 amide bonds. The number of hydrogen-bond acceptors (Lipinski definition) is 4. The van der Waals surface area contributed by atoms with Crippen LogP contribution in [0, 0.1) is 0 Å². The van der Waals surface area contributed by atoms with Crippen molar-refractivity contribution < 1.29 is 10.0 Å². The summed E-state index contributed by atoms with van der Waals surface area (Å²) in [6.07, 6.45) is 0. The van der Waals surface area contributed by atoms with Crippen molar-refractivity contribution in [1.29, 1.82) is 0 Å². The van der Waals surface area contributed by atoms with Crippen LogP contribution >= 0.6 is 0 Å². The maximum atomic E-state index is 9.30. The molecule has 5 N–H and O–H groups in total. The van der Waals surface area contributed by atoms with Gasteiger partial charge in [-0.25, -0.2) is 0 Å². The monoisotopic (exact) mass is 256 g/mol. The van der Waals surface area contributed by atoms with Crippen molar-refractivity contribution in [2.24, 2.45) is 5.73 Å². The number of anilines is 1. The Hall–Kier alpha value is -1.82. The Labute approximate surface area is 113 Å². The maximum absolute atomic E-state index is 9.30. The first kappa shape index (κ1) is 13.6. The summed E-state index contributed by atoms with van der Waals surface area (Å²) in [5.74, 6) is 0. The molecule has 4 nitrogen and oxygen atoms in total. The molecule has 0 fully saturated rings. The fourth-order valence-electron chi connectivity index (χ4n) is 1.95. The van der Waals surface area contributed by atoms with Crippen molar-refractivity contribution in [3.05, 3.63) is 59.7 Å². The van der Waals surface area contributed by atoms with E-state index in [1.54, 1.807) is 12.1 Å². The smallest absolute Gasteiger partial charge is 0.423 e. The Morgan fingerprint density at radius 3 is 2.58 bits per heavy atom. The SMILES string of the molecule is NCc1cccc(NCc2ccccc2B(O)O)c1. The van der Waals surface area contributed by atoms with Crippen LogP contribution in [0.3, 0.4) is 0 Å². The highest BCUT2D eigenvalue weighted by Gasteiger charge is 2.14. The summed E-state index contributed by atoms with van der Waals surface area (Å²) in [4.78, 5) is 0. The van der Waals surface area contributed by atoms with E-state index >= 15 is 0 Å². The van der Waals surface area contributed by atoms with Crippen LogP contribution in [0.1, 0.15) is 11.1 Å². The molecule has 0 spiro atoms. The fraction of sp³-hybridized carbons (Fsp3) is 0.143. The predicted molar refractivity (Wildman–Crippen MR) is 77.9 cm³/mol. The number of hydrogen-bond donors (Lipinski definition) is 4. The van der Waals surface area contributed by atoms with Gasteiger partial charge in [0.25, 0.3) is 0 Å². The summed E-state index contributed by atoms with van der Waals surface area (Å²) in [6, 6.07) is 15.1. The average molecular weight is 256 g/mol. The third kappa shape index (κ3) is 3.57. The van der Waals surface area contributed by atoms with Crippen LogP contribution in [0.25, 0.3) is 0 Å². The Balaban J connectivity index is 2.10. The van der Waals surface area contributed by atoms with Gasteiger partial charge in [-0.3, -0.25) is 0 Å². The Bertz CT molecular complexity index is 546. The van der Waals surface area contributed by atoms with E-state index in [1.165, 1.54) is 0 Å². The van der Waals surface area contributed by atoms with Crippen LogP contribution in [-0.2, 0) is 13.1 Å². The molecule has 0 saturated carbocycles. The molecule has 5 heteroatoms. The zero-order chi connectivity index (χ0) is 13.7. The molecule has 0 aliphatic carbocycles. The highest BCUT2D eigenvalue weighted by atomic mass is 16.4. The van der Waals surface area contributed by atoms with Crippen molar-refractivity contribution in [3.63, 3.8) is 0 Å². The number of rotatable bonds is 5. The van der Waals surface area contributed by atoms with Gasteiger partial charge in [0.05, 0.1) is 0 Å². The molecule has 0 unspecified atom stereocenters. The normalized spacial score (nSPS) is 10.3. The standard InChI is InChI=1S/C14H17BN2O2/c16-9-11-4-3-6-13(8-11)17-10-12-5-1-2-7-14(12)15(18)19/h1-8,17-19H,9-10,16H2. The quantitative estimate of drug-likeness (QED) is 0.585. The summed E-state index contributed by atoms with van der Waals surface area (Å²) in [5.41, 5.74) is 8.99. The number of nitrogens with two attached hydrogens (primary N) is 1. The van der Waals surface area contributed by atoms with Crippen molar-refractivity contribution in [1.82, 2.24) is 0 Å². The maximum Gasteiger partial charge on any atom is 0.488 e. The van der Waals surface area contributed by atoms with E-state index in [2.05, 4.69) is 5.32 Å². The van der Waals surface area contributed by atoms with Gasteiger partial charge >= 0.3 is 7.12 Å². The van der Waals surface area contributed by atoms with Gasteiger partial charge in [0.2, 0.25) is 0 Å². The highest BCUT2D eigenvalue weighted by molar-refractivity contribution is 6.59. The molecule has 0 heterocycles. The van der Waals surface area contributed by atoms with Crippen LogP contribution in [0.2, 0.25) is 0 Å². The van der Waals surface area contributed by atoms with Gasteiger partial charge in [-0.1, -0.05) is 36.4 Å². The first-order valence-corrected chi connectivity index (χ1v) is 6.17. The lowest BCUT2D eigenvalue weighted by Gasteiger charge is -2.11. The van der Waals surface area contributed by atoms with E-state index in [0.717, 1.165) is 16.8 Å². The lowest BCUT2D eigenvalue weighted by Crippen LogP contribution is -2.33. The second-order valence-corrected chi connectivity index (χ2v) is 4.33. The zero-order valence-corrected chi connectivity index (χ0v) is 10.6. The van der Waals surface area contributed by atoms with Crippen molar-refractivity contribution in [2.75, 3.05) is 5.32 Å². The van der Waals surface area contributed by atoms with E-state index in [9.17, 15) is 10.0 Å². The molecular weight excluding hydrogens is 239 g/mol. The first-order chi connectivity index (χ1) is 9.20. The van der Waals surface area contributed by atoms with Crippen molar-refractivity contribution >= 4 is 18.3 Å². The molecule has 0 bridgehead atoms. The van der Waals surface area contributed by atoms with Gasteiger partial charge in [-0.15, -0.1) is 0 Å². The molecule has 0 aromatic heterocycles.